The van der Waals surface area contributed by atoms with E-state index in [1.807, 2.05) is 13.8 Å². The van der Waals surface area contributed by atoms with Crippen LogP contribution in [0.1, 0.15) is 44.7 Å². The number of hydrogen-bond donors (Lipinski definition) is 0. The number of nitriles is 1. The van der Waals surface area contributed by atoms with Gasteiger partial charge >= 0.3 is 6.18 Å². The monoisotopic (exact) mass is 449 g/mol. The van der Waals surface area contributed by atoms with Gasteiger partial charge in [0.15, 0.2) is 0 Å². The summed E-state index contributed by atoms with van der Waals surface area (Å²) in [4.78, 5) is 20.4. The van der Waals surface area contributed by atoms with Crippen LogP contribution in [0.4, 0.5) is 18.9 Å². The molecule has 0 unspecified atom stereocenters. The lowest BCUT2D eigenvalue weighted by molar-refractivity contribution is -0.140. The maximum Gasteiger partial charge on any atom is 0.417 e. The van der Waals surface area contributed by atoms with E-state index in [9.17, 15) is 18.0 Å². The second-order valence-electron chi connectivity index (χ2n) is 9.21. The average Bonchev–Trinajstić information content (AvgIpc) is 3.29. The molecule has 0 N–H and O–H groups in total. The Kier molecular flexibility index (Phi) is 4.43. The topological polar surface area (TPSA) is 84.2 Å². The number of nitrogens with zero attached hydrogens (tertiary/aromatic N) is 3. The van der Waals surface area contributed by atoms with Gasteiger partial charge in [-0.05, 0) is 39.0 Å². The van der Waals surface area contributed by atoms with Gasteiger partial charge in [0.1, 0.15) is 17.9 Å². The molecule has 4 aliphatic rings. The highest BCUT2D eigenvalue weighted by Gasteiger charge is 2.77. The Balaban J connectivity index is 1.58. The molecule has 1 amide bonds. The molecule has 0 aliphatic carbocycles. The summed E-state index contributed by atoms with van der Waals surface area (Å²) in [6.07, 6.45) is -4.57. The molecule has 32 heavy (non-hydrogen) atoms. The average molecular weight is 449 g/mol. The summed E-state index contributed by atoms with van der Waals surface area (Å²) in [5.74, 6) is -1.36. The molecule has 10 heteroatoms. The first-order valence-electron chi connectivity index (χ1n) is 10.5. The number of fused-ring (bicyclic) bond motifs is 2. The van der Waals surface area contributed by atoms with Crippen LogP contribution < -0.4 is 4.90 Å². The fraction of sp³-hybridized carbons (Fsp3) is 0.591. The zero-order chi connectivity index (χ0) is 23.1. The number of hydrogen-bond acceptors (Lipinski definition) is 6. The minimum atomic E-state index is -4.73. The molecule has 0 radical (unpaired) electrons. The second kappa shape index (κ2) is 6.68. The first-order valence-corrected chi connectivity index (χ1v) is 10.5. The molecular weight excluding hydrogens is 427 g/mol. The zero-order valence-electron chi connectivity index (χ0n) is 17.8. The summed E-state index contributed by atoms with van der Waals surface area (Å²) in [5.41, 5.74) is -2.57. The van der Waals surface area contributed by atoms with Crippen molar-refractivity contribution in [3.8, 4) is 6.07 Å². The van der Waals surface area contributed by atoms with Crippen LogP contribution in [0.5, 0.6) is 0 Å². The van der Waals surface area contributed by atoms with E-state index in [2.05, 4.69) is 5.16 Å². The Bertz CT molecular complexity index is 1070. The van der Waals surface area contributed by atoms with Crippen molar-refractivity contribution in [1.29, 1.82) is 5.26 Å². The summed E-state index contributed by atoms with van der Waals surface area (Å²) < 4.78 is 53.0. The first-order chi connectivity index (χ1) is 15.0. The van der Waals surface area contributed by atoms with Gasteiger partial charge in [0.2, 0.25) is 5.91 Å². The predicted octanol–water partition coefficient (Wildman–Crippen LogP) is 3.61. The smallest absolute Gasteiger partial charge is 0.393 e. The number of amides is 1. The number of halogens is 3. The van der Waals surface area contributed by atoms with Crippen LogP contribution >= 0.6 is 0 Å². The molecule has 1 aromatic rings. The predicted molar refractivity (Wildman–Crippen MR) is 105 cm³/mol. The molecule has 170 valence electrons. The molecule has 0 aromatic heterocycles. The Hall–Kier alpha value is -2.64. The number of carbonyl (C=O) groups excluding carboxylic acids is 1. The van der Waals surface area contributed by atoms with Crippen LogP contribution in [0.25, 0.3) is 0 Å². The van der Waals surface area contributed by atoms with Gasteiger partial charge in [-0.25, -0.2) is 0 Å². The molecule has 2 bridgehead atoms. The molecule has 4 fully saturated rings. The Morgan fingerprint density at radius 1 is 1.38 bits per heavy atom. The number of carbonyl (C=O) groups is 1. The summed E-state index contributed by atoms with van der Waals surface area (Å²) in [6, 6.07) is 4.87. The zero-order valence-corrected chi connectivity index (χ0v) is 17.8. The molecule has 4 aliphatic heterocycles. The number of alkyl halides is 3. The minimum absolute atomic E-state index is 0.0534. The van der Waals surface area contributed by atoms with Crippen molar-refractivity contribution in [2.45, 2.75) is 63.3 Å². The van der Waals surface area contributed by atoms with Crippen LogP contribution in [-0.4, -0.2) is 41.8 Å². The van der Waals surface area contributed by atoms with Gasteiger partial charge < -0.3 is 14.3 Å². The van der Waals surface area contributed by atoms with Gasteiger partial charge in [0, 0.05) is 24.4 Å². The molecule has 4 saturated heterocycles. The third-order valence-corrected chi connectivity index (χ3v) is 6.97. The fourth-order valence-corrected chi connectivity index (χ4v) is 5.72. The second-order valence-corrected chi connectivity index (χ2v) is 9.21. The van der Waals surface area contributed by atoms with E-state index in [1.54, 1.807) is 13.0 Å². The molecular formula is C22H22F3N3O4. The Labute approximate surface area is 182 Å². The van der Waals surface area contributed by atoms with E-state index in [1.165, 1.54) is 11.0 Å². The van der Waals surface area contributed by atoms with Crippen molar-refractivity contribution in [3.63, 3.8) is 0 Å². The number of rotatable bonds is 3. The first kappa shape index (κ1) is 21.2. The number of ether oxygens (including phenoxy) is 2. The van der Waals surface area contributed by atoms with E-state index in [0.717, 1.165) is 12.1 Å². The summed E-state index contributed by atoms with van der Waals surface area (Å²) in [7, 11) is 0. The van der Waals surface area contributed by atoms with Crippen molar-refractivity contribution in [2.24, 2.45) is 17.0 Å². The van der Waals surface area contributed by atoms with Crippen LogP contribution in [0.3, 0.4) is 0 Å². The van der Waals surface area contributed by atoms with Crippen LogP contribution in [0.2, 0.25) is 0 Å². The molecule has 1 aromatic carbocycles. The van der Waals surface area contributed by atoms with E-state index < -0.39 is 40.7 Å². The van der Waals surface area contributed by atoms with Crippen LogP contribution in [-0.2, 0) is 25.3 Å². The van der Waals surface area contributed by atoms with Gasteiger partial charge in [0.25, 0.3) is 0 Å². The van der Waals surface area contributed by atoms with E-state index in [0.29, 0.717) is 25.2 Å². The molecule has 1 spiro atoms. The van der Waals surface area contributed by atoms with Crippen molar-refractivity contribution in [3.05, 3.63) is 29.3 Å². The lowest BCUT2D eigenvalue weighted by Crippen LogP contribution is -2.52. The highest BCUT2D eigenvalue weighted by atomic mass is 19.4. The molecule has 5 rings (SSSR count). The Morgan fingerprint density at radius 2 is 2.12 bits per heavy atom. The summed E-state index contributed by atoms with van der Waals surface area (Å²) >= 11 is 0. The summed E-state index contributed by atoms with van der Waals surface area (Å²) in [6.45, 7) is 5.79. The normalized spacial score (nSPS) is 36.7. The third-order valence-electron chi connectivity index (χ3n) is 6.97. The highest BCUT2D eigenvalue weighted by molar-refractivity contribution is 6.08. The maximum absolute atomic E-state index is 13.6. The lowest BCUT2D eigenvalue weighted by atomic mass is 9.65. The van der Waals surface area contributed by atoms with Gasteiger partial charge in [-0.2, -0.15) is 18.4 Å². The maximum atomic E-state index is 13.6. The minimum Gasteiger partial charge on any atom is -0.393 e. The number of oxime groups is 1. The van der Waals surface area contributed by atoms with Gasteiger partial charge in [-0.15, -0.1) is 0 Å². The molecule has 4 heterocycles. The highest BCUT2D eigenvalue weighted by Crippen LogP contribution is 2.64. The third kappa shape index (κ3) is 2.74. The van der Waals surface area contributed by atoms with E-state index >= 15 is 0 Å². The molecule has 7 nitrogen and oxygen atoms in total. The van der Waals surface area contributed by atoms with E-state index in [-0.39, 0.29) is 23.6 Å². The SMILES string of the molecule is CC(C)ON=C1C[C@@]23CCO[C@H]4[C@@H]2[C@H](C(=O)N4c2ccc(C#N)c(C(F)(F)F)c2)[C@]1(C)O3. The van der Waals surface area contributed by atoms with Crippen molar-refractivity contribution in [1.82, 2.24) is 0 Å². The molecule has 5 atom stereocenters. The number of benzene rings is 1. The molecule has 0 saturated carbocycles. The van der Waals surface area contributed by atoms with Gasteiger partial charge in [0.05, 0.1) is 41.0 Å². The summed E-state index contributed by atoms with van der Waals surface area (Å²) in [5, 5.41) is 13.4. The van der Waals surface area contributed by atoms with Gasteiger partial charge in [-0.3, -0.25) is 9.69 Å². The lowest BCUT2D eigenvalue weighted by Gasteiger charge is -2.41. The fourth-order valence-electron chi connectivity index (χ4n) is 5.72. The van der Waals surface area contributed by atoms with Crippen molar-refractivity contribution >= 4 is 17.3 Å². The quantitative estimate of drug-likeness (QED) is 0.659. The Morgan fingerprint density at radius 3 is 2.78 bits per heavy atom. The van der Waals surface area contributed by atoms with Crippen LogP contribution in [0, 0.1) is 23.2 Å². The number of anilines is 1. The van der Waals surface area contributed by atoms with Crippen molar-refractivity contribution in [2.75, 3.05) is 11.5 Å². The van der Waals surface area contributed by atoms with Gasteiger partial charge in [-0.1, -0.05) is 5.16 Å². The van der Waals surface area contributed by atoms with Crippen molar-refractivity contribution < 1.29 is 32.3 Å². The van der Waals surface area contributed by atoms with Crippen LogP contribution in [0.15, 0.2) is 23.4 Å². The van der Waals surface area contributed by atoms with E-state index in [4.69, 9.17) is 19.6 Å². The standard InChI is InChI=1S/C22H22F3N3O4/c1-11(2)31-27-15-9-21-6-7-30-19-17(21)16(20(15,3)32-21)18(29)28(19)13-5-4-12(10-26)14(8-13)22(23,24)25/h4-5,8,11,16-17,19H,6-7,9H2,1-3H3/t16-,17+,19+,20-,21+/m1/s1. The largest absolute Gasteiger partial charge is 0.417 e.